The second kappa shape index (κ2) is 8.66. The lowest BCUT2D eigenvalue weighted by molar-refractivity contribution is 0.0807. The molecule has 0 saturated carbocycles. The highest BCUT2D eigenvalue weighted by Gasteiger charge is 2.15. The highest BCUT2D eigenvalue weighted by molar-refractivity contribution is 5.55. The molecule has 0 atom stereocenters. The summed E-state index contributed by atoms with van der Waals surface area (Å²) < 4.78 is 21.5. The van der Waals surface area contributed by atoms with E-state index in [-0.39, 0.29) is 6.10 Å². The maximum Gasteiger partial charge on any atom is 0.203 e. The van der Waals surface area contributed by atoms with Crippen LogP contribution in [0.25, 0.3) is 0 Å². The van der Waals surface area contributed by atoms with E-state index in [2.05, 4.69) is 5.32 Å². The fourth-order valence-corrected chi connectivity index (χ4v) is 1.89. The van der Waals surface area contributed by atoms with E-state index in [1.807, 2.05) is 26.0 Å². The van der Waals surface area contributed by atoms with Gasteiger partial charge in [-0.2, -0.15) is 0 Å². The number of benzene rings is 1. The van der Waals surface area contributed by atoms with Crippen molar-refractivity contribution in [3.8, 4) is 17.2 Å². The van der Waals surface area contributed by atoms with E-state index >= 15 is 0 Å². The van der Waals surface area contributed by atoms with Crippen LogP contribution in [0.5, 0.6) is 17.2 Å². The summed E-state index contributed by atoms with van der Waals surface area (Å²) in [4.78, 5) is 0. The molecule has 0 radical (unpaired) electrons. The Hall–Kier alpha value is -1.46. The van der Waals surface area contributed by atoms with Gasteiger partial charge in [0.25, 0.3) is 0 Å². The zero-order chi connectivity index (χ0) is 15.0. The molecule has 0 aromatic heterocycles. The number of methoxy groups -OCH3 is 3. The minimum absolute atomic E-state index is 0.257. The minimum Gasteiger partial charge on any atom is -0.493 e. The molecule has 0 heterocycles. The van der Waals surface area contributed by atoms with Gasteiger partial charge < -0.3 is 24.3 Å². The van der Waals surface area contributed by atoms with Crippen molar-refractivity contribution in [2.24, 2.45) is 0 Å². The topological polar surface area (TPSA) is 49.0 Å². The van der Waals surface area contributed by atoms with Crippen LogP contribution < -0.4 is 19.5 Å². The van der Waals surface area contributed by atoms with Crippen molar-refractivity contribution < 1.29 is 18.9 Å². The van der Waals surface area contributed by atoms with Gasteiger partial charge in [0.2, 0.25) is 5.75 Å². The first-order valence-corrected chi connectivity index (χ1v) is 6.74. The fraction of sp³-hybridized carbons (Fsp3) is 0.600. The lowest BCUT2D eigenvalue weighted by Gasteiger charge is -2.16. The molecule has 0 aliphatic carbocycles. The molecule has 1 N–H and O–H groups in total. The molecule has 0 fully saturated rings. The van der Waals surface area contributed by atoms with Gasteiger partial charge in [-0.25, -0.2) is 0 Å². The van der Waals surface area contributed by atoms with Gasteiger partial charge in [-0.1, -0.05) is 6.07 Å². The average Bonchev–Trinajstić information content (AvgIpc) is 2.45. The van der Waals surface area contributed by atoms with Gasteiger partial charge in [0.1, 0.15) is 0 Å². The average molecular weight is 283 g/mol. The molecular weight excluding hydrogens is 258 g/mol. The summed E-state index contributed by atoms with van der Waals surface area (Å²) in [5.41, 5.74) is 1.02. The van der Waals surface area contributed by atoms with Crippen molar-refractivity contribution in [3.63, 3.8) is 0 Å². The van der Waals surface area contributed by atoms with Crippen molar-refractivity contribution in [1.29, 1.82) is 0 Å². The fourth-order valence-electron chi connectivity index (χ4n) is 1.89. The van der Waals surface area contributed by atoms with Gasteiger partial charge in [0.15, 0.2) is 11.5 Å². The number of hydrogen-bond acceptors (Lipinski definition) is 5. The van der Waals surface area contributed by atoms with Crippen LogP contribution in [0.15, 0.2) is 12.1 Å². The number of ether oxygens (including phenoxy) is 4. The molecule has 0 amide bonds. The Morgan fingerprint density at radius 1 is 1.00 bits per heavy atom. The van der Waals surface area contributed by atoms with Gasteiger partial charge in [-0.05, 0) is 19.9 Å². The van der Waals surface area contributed by atoms with Gasteiger partial charge >= 0.3 is 0 Å². The molecule has 0 spiro atoms. The molecule has 0 aliphatic heterocycles. The van der Waals surface area contributed by atoms with Crippen LogP contribution in [0.2, 0.25) is 0 Å². The maximum atomic E-state index is 5.48. The van der Waals surface area contributed by atoms with E-state index in [1.165, 1.54) is 0 Å². The molecular formula is C15H25NO4. The highest BCUT2D eigenvalue weighted by Crippen LogP contribution is 2.39. The standard InChI is InChI=1S/C15H25NO4/c1-11(2)20-9-8-16-10-12-6-7-13(17-3)15(19-5)14(12)18-4/h6-7,11,16H,8-10H2,1-5H3. The molecule has 5 nitrogen and oxygen atoms in total. The molecule has 1 rings (SSSR count). The molecule has 0 unspecified atom stereocenters. The van der Waals surface area contributed by atoms with Crippen molar-refractivity contribution in [1.82, 2.24) is 5.32 Å². The van der Waals surface area contributed by atoms with Crippen molar-refractivity contribution in [2.75, 3.05) is 34.5 Å². The Labute approximate surface area is 121 Å². The highest BCUT2D eigenvalue weighted by atomic mass is 16.5. The minimum atomic E-state index is 0.257. The predicted molar refractivity (Wildman–Crippen MR) is 78.9 cm³/mol. The smallest absolute Gasteiger partial charge is 0.203 e. The third kappa shape index (κ3) is 4.58. The quantitative estimate of drug-likeness (QED) is 0.704. The Balaban J connectivity index is 2.65. The summed E-state index contributed by atoms with van der Waals surface area (Å²) in [5, 5.41) is 3.32. The molecule has 0 saturated heterocycles. The summed E-state index contributed by atoms with van der Waals surface area (Å²) in [5.74, 6) is 1.98. The first kappa shape index (κ1) is 16.6. The van der Waals surface area contributed by atoms with Gasteiger partial charge in [-0.15, -0.1) is 0 Å². The zero-order valence-electron chi connectivity index (χ0n) is 13.0. The molecule has 0 aliphatic rings. The Morgan fingerprint density at radius 2 is 1.70 bits per heavy atom. The van der Waals surface area contributed by atoms with Crippen molar-refractivity contribution in [2.45, 2.75) is 26.5 Å². The van der Waals surface area contributed by atoms with E-state index < -0.39 is 0 Å². The lowest BCUT2D eigenvalue weighted by Crippen LogP contribution is -2.21. The van der Waals surface area contributed by atoms with Crippen molar-refractivity contribution >= 4 is 0 Å². The third-order valence-electron chi connectivity index (χ3n) is 2.83. The molecule has 20 heavy (non-hydrogen) atoms. The maximum absolute atomic E-state index is 5.48. The normalized spacial score (nSPS) is 10.7. The summed E-state index contributed by atoms with van der Waals surface area (Å²) >= 11 is 0. The van der Waals surface area contributed by atoms with Gasteiger partial charge in [0, 0.05) is 18.7 Å². The Bertz CT molecular complexity index is 407. The van der Waals surface area contributed by atoms with E-state index in [0.29, 0.717) is 30.4 Å². The number of nitrogens with one attached hydrogen (secondary N) is 1. The van der Waals surface area contributed by atoms with E-state index in [9.17, 15) is 0 Å². The molecule has 1 aromatic rings. The molecule has 114 valence electrons. The second-order valence-electron chi connectivity index (χ2n) is 4.59. The van der Waals surface area contributed by atoms with Crippen LogP contribution in [0.3, 0.4) is 0 Å². The molecule has 0 bridgehead atoms. The summed E-state index contributed by atoms with van der Waals surface area (Å²) in [6, 6.07) is 3.85. The second-order valence-corrected chi connectivity index (χ2v) is 4.59. The third-order valence-corrected chi connectivity index (χ3v) is 2.83. The number of hydrogen-bond donors (Lipinski definition) is 1. The zero-order valence-corrected chi connectivity index (χ0v) is 13.0. The van der Waals surface area contributed by atoms with E-state index in [4.69, 9.17) is 18.9 Å². The van der Waals surface area contributed by atoms with Crippen LogP contribution in [0, 0.1) is 0 Å². The van der Waals surface area contributed by atoms with Crippen LogP contribution in [0.1, 0.15) is 19.4 Å². The summed E-state index contributed by atoms with van der Waals surface area (Å²) in [6.07, 6.45) is 0.257. The first-order chi connectivity index (χ1) is 9.63. The van der Waals surface area contributed by atoms with Crippen molar-refractivity contribution in [3.05, 3.63) is 17.7 Å². The van der Waals surface area contributed by atoms with Crippen LogP contribution >= 0.6 is 0 Å². The monoisotopic (exact) mass is 283 g/mol. The van der Waals surface area contributed by atoms with Crippen LogP contribution in [-0.4, -0.2) is 40.6 Å². The van der Waals surface area contributed by atoms with E-state index in [0.717, 1.165) is 12.1 Å². The summed E-state index contributed by atoms with van der Waals surface area (Å²) in [7, 11) is 4.84. The van der Waals surface area contributed by atoms with Crippen LogP contribution in [0.4, 0.5) is 0 Å². The largest absolute Gasteiger partial charge is 0.493 e. The van der Waals surface area contributed by atoms with Gasteiger partial charge in [-0.3, -0.25) is 0 Å². The van der Waals surface area contributed by atoms with E-state index in [1.54, 1.807) is 21.3 Å². The Morgan fingerprint density at radius 3 is 2.25 bits per heavy atom. The lowest BCUT2D eigenvalue weighted by atomic mass is 10.1. The molecule has 5 heteroatoms. The summed E-state index contributed by atoms with van der Waals surface area (Å²) in [6.45, 7) is 6.21. The molecule has 1 aromatic carbocycles. The predicted octanol–water partition coefficient (Wildman–Crippen LogP) is 2.23. The Kier molecular flexibility index (Phi) is 7.18. The van der Waals surface area contributed by atoms with Crippen LogP contribution in [-0.2, 0) is 11.3 Å². The van der Waals surface area contributed by atoms with Gasteiger partial charge in [0.05, 0.1) is 34.0 Å². The SMILES string of the molecule is COc1ccc(CNCCOC(C)C)c(OC)c1OC. The number of rotatable bonds is 9. The first-order valence-electron chi connectivity index (χ1n) is 6.74.